The van der Waals surface area contributed by atoms with Crippen molar-refractivity contribution >= 4 is 11.7 Å². The highest BCUT2D eigenvalue weighted by molar-refractivity contribution is 5.96. The summed E-state index contributed by atoms with van der Waals surface area (Å²) >= 11 is 0. The van der Waals surface area contributed by atoms with E-state index in [4.69, 9.17) is 5.53 Å². The second kappa shape index (κ2) is 3.62. The zero-order chi connectivity index (χ0) is 10.8. The van der Waals surface area contributed by atoms with Crippen molar-refractivity contribution in [1.82, 2.24) is 9.78 Å². The Morgan fingerprint density at radius 3 is 3.27 bits per heavy atom. The van der Waals surface area contributed by atoms with Crippen LogP contribution in [-0.2, 0) is 11.3 Å². The summed E-state index contributed by atoms with van der Waals surface area (Å²) in [5, 5.41) is 7.57. The van der Waals surface area contributed by atoms with Crippen molar-refractivity contribution in [2.45, 2.75) is 19.0 Å². The number of anilines is 1. The van der Waals surface area contributed by atoms with Crippen LogP contribution in [0.4, 0.5) is 5.82 Å². The van der Waals surface area contributed by atoms with Crippen LogP contribution in [-0.4, -0.2) is 28.8 Å². The highest BCUT2D eigenvalue weighted by Crippen LogP contribution is 2.20. The van der Waals surface area contributed by atoms with Gasteiger partial charge >= 0.3 is 0 Å². The molecule has 7 nitrogen and oxygen atoms in total. The standard InChI is InChI=1S/C8H10N6O/c1-13-7-2-4-10-14(7)5-3-6(8(13)15)11-12-9/h2,4,6H,3,5H2,1H3. The first kappa shape index (κ1) is 9.54. The average Bonchev–Trinajstić information content (AvgIpc) is 2.66. The molecule has 7 heteroatoms. The van der Waals surface area contributed by atoms with Crippen molar-refractivity contribution in [2.75, 3.05) is 11.9 Å². The van der Waals surface area contributed by atoms with Crippen LogP contribution in [0.2, 0.25) is 0 Å². The number of carbonyl (C=O) groups is 1. The SMILES string of the molecule is CN1C(=O)C(N=[N+]=[N-])CCn2nccc21. The van der Waals surface area contributed by atoms with Gasteiger partial charge in [-0.05, 0) is 12.0 Å². The second-order valence-electron chi connectivity index (χ2n) is 3.32. The van der Waals surface area contributed by atoms with Crippen LogP contribution in [0.5, 0.6) is 0 Å². The molecule has 1 aromatic heterocycles. The summed E-state index contributed by atoms with van der Waals surface area (Å²) in [5.41, 5.74) is 8.35. The van der Waals surface area contributed by atoms with E-state index in [0.717, 1.165) is 5.82 Å². The largest absolute Gasteiger partial charge is 0.300 e. The van der Waals surface area contributed by atoms with Crippen molar-refractivity contribution in [3.63, 3.8) is 0 Å². The Bertz CT molecular complexity index is 432. The van der Waals surface area contributed by atoms with E-state index in [1.807, 2.05) is 0 Å². The number of amides is 1. The summed E-state index contributed by atoms with van der Waals surface area (Å²) in [5.74, 6) is 0.544. The van der Waals surface area contributed by atoms with Gasteiger partial charge in [-0.2, -0.15) is 5.10 Å². The fourth-order valence-corrected chi connectivity index (χ4v) is 1.66. The van der Waals surface area contributed by atoms with Gasteiger partial charge in [-0.15, -0.1) is 0 Å². The maximum absolute atomic E-state index is 11.8. The van der Waals surface area contributed by atoms with Gasteiger partial charge in [-0.1, -0.05) is 5.11 Å². The summed E-state index contributed by atoms with van der Waals surface area (Å²) in [6.07, 6.45) is 2.13. The van der Waals surface area contributed by atoms with Crippen LogP contribution in [0, 0.1) is 0 Å². The highest BCUT2D eigenvalue weighted by Gasteiger charge is 2.27. The Morgan fingerprint density at radius 2 is 2.53 bits per heavy atom. The van der Waals surface area contributed by atoms with Gasteiger partial charge in [0, 0.05) is 24.6 Å². The normalized spacial score (nSPS) is 20.5. The average molecular weight is 206 g/mol. The molecule has 2 heterocycles. The zero-order valence-electron chi connectivity index (χ0n) is 8.24. The van der Waals surface area contributed by atoms with Gasteiger partial charge in [0.25, 0.3) is 0 Å². The van der Waals surface area contributed by atoms with Crippen LogP contribution in [0.15, 0.2) is 17.4 Å². The van der Waals surface area contributed by atoms with Gasteiger partial charge in [0.1, 0.15) is 11.9 Å². The molecule has 1 unspecified atom stereocenters. The summed E-state index contributed by atoms with van der Waals surface area (Å²) in [4.78, 5) is 16.0. The van der Waals surface area contributed by atoms with E-state index in [0.29, 0.717) is 13.0 Å². The van der Waals surface area contributed by atoms with E-state index in [-0.39, 0.29) is 5.91 Å². The zero-order valence-corrected chi connectivity index (χ0v) is 8.24. The Kier molecular flexibility index (Phi) is 2.31. The van der Waals surface area contributed by atoms with E-state index in [1.165, 1.54) is 4.90 Å². The lowest BCUT2D eigenvalue weighted by atomic mass is 10.2. The third-order valence-electron chi connectivity index (χ3n) is 2.46. The lowest BCUT2D eigenvalue weighted by molar-refractivity contribution is -0.119. The van der Waals surface area contributed by atoms with Crippen molar-refractivity contribution in [1.29, 1.82) is 0 Å². The molecule has 78 valence electrons. The van der Waals surface area contributed by atoms with E-state index >= 15 is 0 Å². The molecule has 1 aliphatic rings. The smallest absolute Gasteiger partial charge is 0.236 e. The fraction of sp³-hybridized carbons (Fsp3) is 0.500. The Balaban J connectivity index is 2.36. The minimum Gasteiger partial charge on any atom is -0.300 e. The van der Waals surface area contributed by atoms with Gasteiger partial charge in [0.15, 0.2) is 0 Å². The molecule has 0 aliphatic carbocycles. The van der Waals surface area contributed by atoms with Crippen molar-refractivity contribution in [2.24, 2.45) is 5.11 Å². The molecule has 1 aliphatic heterocycles. The predicted molar refractivity (Wildman–Crippen MR) is 53.2 cm³/mol. The van der Waals surface area contributed by atoms with Crippen molar-refractivity contribution in [3.8, 4) is 0 Å². The van der Waals surface area contributed by atoms with Crippen molar-refractivity contribution < 1.29 is 4.79 Å². The van der Waals surface area contributed by atoms with E-state index in [9.17, 15) is 4.79 Å². The Hall–Kier alpha value is -2.01. The molecule has 0 spiro atoms. The minimum absolute atomic E-state index is 0.188. The summed E-state index contributed by atoms with van der Waals surface area (Å²) in [7, 11) is 1.65. The second-order valence-corrected chi connectivity index (χ2v) is 3.32. The first-order chi connectivity index (χ1) is 7.24. The molecule has 0 fully saturated rings. The van der Waals surface area contributed by atoms with Crippen LogP contribution in [0.3, 0.4) is 0 Å². The number of fused-ring (bicyclic) bond motifs is 1. The van der Waals surface area contributed by atoms with E-state index in [2.05, 4.69) is 15.1 Å². The number of likely N-dealkylation sites (N-methyl/N-ethyl adjacent to an activating group) is 1. The number of rotatable bonds is 1. The molecule has 15 heavy (non-hydrogen) atoms. The Labute approximate surface area is 85.9 Å². The maximum atomic E-state index is 11.8. The molecule has 0 N–H and O–H groups in total. The third kappa shape index (κ3) is 1.53. The maximum Gasteiger partial charge on any atom is 0.236 e. The molecule has 2 rings (SSSR count). The highest BCUT2D eigenvalue weighted by atomic mass is 16.2. The van der Waals surface area contributed by atoms with Crippen LogP contribution < -0.4 is 4.90 Å². The van der Waals surface area contributed by atoms with Crippen LogP contribution >= 0.6 is 0 Å². The van der Waals surface area contributed by atoms with E-state index < -0.39 is 6.04 Å². The number of aryl methyl sites for hydroxylation is 1. The lowest BCUT2D eigenvalue weighted by Gasteiger charge is -2.16. The van der Waals surface area contributed by atoms with Crippen LogP contribution in [0.1, 0.15) is 6.42 Å². The van der Waals surface area contributed by atoms with E-state index in [1.54, 1.807) is 24.0 Å². The quantitative estimate of drug-likeness (QED) is 0.388. The molecule has 0 radical (unpaired) electrons. The van der Waals surface area contributed by atoms with Gasteiger partial charge in [-0.3, -0.25) is 9.69 Å². The molecule has 1 aromatic rings. The van der Waals surface area contributed by atoms with Gasteiger partial charge in [0.2, 0.25) is 5.91 Å². The molecule has 0 aromatic carbocycles. The fourth-order valence-electron chi connectivity index (χ4n) is 1.66. The molecule has 0 saturated carbocycles. The summed E-state index contributed by atoms with van der Waals surface area (Å²) in [6, 6.07) is 1.14. The molecular formula is C8H10N6O. The summed E-state index contributed by atoms with van der Waals surface area (Å²) in [6.45, 7) is 0.585. The van der Waals surface area contributed by atoms with Crippen molar-refractivity contribution in [3.05, 3.63) is 22.7 Å². The van der Waals surface area contributed by atoms with Gasteiger partial charge in [0.05, 0.1) is 6.20 Å². The molecule has 0 bridgehead atoms. The molecule has 1 amide bonds. The lowest BCUT2D eigenvalue weighted by Crippen LogP contribution is -2.33. The number of hydrogen-bond acceptors (Lipinski definition) is 3. The molecule has 1 atom stereocenters. The van der Waals surface area contributed by atoms with Gasteiger partial charge < -0.3 is 0 Å². The monoisotopic (exact) mass is 206 g/mol. The molecular weight excluding hydrogens is 196 g/mol. The number of hydrogen-bond donors (Lipinski definition) is 0. The number of azide groups is 1. The first-order valence-corrected chi connectivity index (χ1v) is 4.57. The van der Waals surface area contributed by atoms with Gasteiger partial charge in [-0.25, -0.2) is 4.68 Å². The number of carbonyl (C=O) groups excluding carboxylic acids is 1. The Morgan fingerprint density at radius 1 is 1.73 bits per heavy atom. The predicted octanol–water partition coefficient (Wildman–Crippen LogP) is 0.928. The minimum atomic E-state index is -0.623. The molecule has 0 saturated heterocycles. The number of aromatic nitrogens is 2. The third-order valence-corrected chi connectivity index (χ3v) is 2.46. The van der Waals surface area contributed by atoms with Crippen LogP contribution in [0.25, 0.3) is 10.4 Å². The topological polar surface area (TPSA) is 86.9 Å². The first-order valence-electron chi connectivity index (χ1n) is 4.57. The number of nitrogens with zero attached hydrogens (tertiary/aromatic N) is 6. The summed E-state index contributed by atoms with van der Waals surface area (Å²) < 4.78 is 1.73.